The van der Waals surface area contributed by atoms with Crippen molar-refractivity contribution in [3.8, 4) is 5.69 Å². The van der Waals surface area contributed by atoms with Crippen molar-refractivity contribution in [3.05, 3.63) is 47.8 Å². The largest absolute Gasteiger partial charge is 0.348 e. The minimum absolute atomic E-state index is 0.0311. The molecule has 22 heavy (non-hydrogen) atoms. The lowest BCUT2D eigenvalue weighted by atomic mass is 10.1. The average molecular weight is 319 g/mol. The number of aromatic nitrogens is 2. The minimum Gasteiger partial charge on any atom is -0.348 e. The Hall–Kier alpha value is -2.15. The second kappa shape index (κ2) is 5.57. The zero-order chi connectivity index (χ0) is 15.7. The number of aryl methyl sites for hydroxylation is 1. The molecular weight excluding hydrogens is 302 g/mol. The number of sulfone groups is 1. The molecule has 1 saturated heterocycles. The third-order valence-electron chi connectivity index (χ3n) is 3.68. The van der Waals surface area contributed by atoms with Crippen LogP contribution in [-0.4, -0.2) is 41.7 Å². The number of nitrogens with zero attached hydrogens (tertiary/aromatic N) is 2. The van der Waals surface area contributed by atoms with E-state index >= 15 is 0 Å². The molecule has 116 valence electrons. The molecule has 1 aliphatic rings. The zero-order valence-electron chi connectivity index (χ0n) is 12.2. The summed E-state index contributed by atoms with van der Waals surface area (Å²) in [6, 6.07) is 8.67. The maximum atomic E-state index is 12.1. The van der Waals surface area contributed by atoms with E-state index in [1.165, 1.54) is 0 Å². The van der Waals surface area contributed by atoms with Crippen molar-refractivity contribution in [2.45, 2.75) is 19.4 Å². The fourth-order valence-electron chi connectivity index (χ4n) is 2.50. The molecule has 1 unspecified atom stereocenters. The van der Waals surface area contributed by atoms with Crippen molar-refractivity contribution < 1.29 is 13.2 Å². The molecule has 6 nitrogen and oxygen atoms in total. The number of hydrogen-bond donors (Lipinski definition) is 1. The summed E-state index contributed by atoms with van der Waals surface area (Å²) in [6.45, 7) is 1.91. The highest BCUT2D eigenvalue weighted by Crippen LogP contribution is 2.13. The second-order valence-corrected chi connectivity index (χ2v) is 7.75. The molecule has 2 aromatic rings. The third kappa shape index (κ3) is 3.19. The summed E-state index contributed by atoms with van der Waals surface area (Å²) >= 11 is 0. The lowest BCUT2D eigenvalue weighted by Gasteiger charge is -2.11. The SMILES string of the molecule is Cc1ccn(-c2ccc(C(=O)NC3CCS(=O)(=O)C3)cc2)n1. The Morgan fingerprint density at radius 2 is 2.00 bits per heavy atom. The van der Waals surface area contributed by atoms with Crippen LogP contribution in [0.4, 0.5) is 0 Å². The van der Waals surface area contributed by atoms with E-state index in [4.69, 9.17) is 0 Å². The molecule has 1 amide bonds. The van der Waals surface area contributed by atoms with E-state index in [1.54, 1.807) is 16.8 Å². The maximum Gasteiger partial charge on any atom is 0.251 e. The molecule has 2 heterocycles. The van der Waals surface area contributed by atoms with Crippen molar-refractivity contribution in [2.75, 3.05) is 11.5 Å². The Bertz CT molecular complexity index is 794. The molecule has 1 N–H and O–H groups in total. The van der Waals surface area contributed by atoms with E-state index in [0.717, 1.165) is 11.4 Å². The van der Waals surface area contributed by atoms with Crippen LogP contribution >= 0.6 is 0 Å². The van der Waals surface area contributed by atoms with Gasteiger partial charge in [0.05, 0.1) is 22.9 Å². The number of benzene rings is 1. The molecule has 1 aliphatic heterocycles. The summed E-state index contributed by atoms with van der Waals surface area (Å²) in [5, 5.41) is 7.08. The highest BCUT2D eigenvalue weighted by molar-refractivity contribution is 7.91. The van der Waals surface area contributed by atoms with Crippen molar-refractivity contribution in [1.82, 2.24) is 15.1 Å². The van der Waals surface area contributed by atoms with Gasteiger partial charge in [0, 0.05) is 17.8 Å². The molecule has 1 aromatic carbocycles. The first-order valence-corrected chi connectivity index (χ1v) is 8.89. The molecular formula is C15H17N3O3S. The van der Waals surface area contributed by atoms with Crippen molar-refractivity contribution in [2.24, 2.45) is 0 Å². The van der Waals surface area contributed by atoms with Crippen molar-refractivity contribution >= 4 is 15.7 Å². The number of nitrogens with one attached hydrogen (secondary N) is 1. The third-order valence-corrected chi connectivity index (χ3v) is 5.45. The standard InChI is InChI=1S/C15H17N3O3S/c1-11-6-8-18(17-11)14-4-2-12(3-5-14)15(19)16-13-7-9-22(20,21)10-13/h2-6,8,13H,7,9-10H2,1H3,(H,16,19). The lowest BCUT2D eigenvalue weighted by Crippen LogP contribution is -2.35. The molecule has 0 radical (unpaired) electrons. The first-order chi connectivity index (χ1) is 10.4. The van der Waals surface area contributed by atoms with Gasteiger partial charge in [0.15, 0.2) is 9.84 Å². The van der Waals surface area contributed by atoms with Gasteiger partial charge in [0.2, 0.25) is 0 Å². The van der Waals surface area contributed by atoms with Gasteiger partial charge in [0.1, 0.15) is 0 Å². The predicted octanol–water partition coefficient (Wildman–Crippen LogP) is 1.10. The molecule has 0 bridgehead atoms. The maximum absolute atomic E-state index is 12.1. The highest BCUT2D eigenvalue weighted by atomic mass is 32.2. The Balaban J connectivity index is 1.69. The average Bonchev–Trinajstić information content (AvgIpc) is 3.05. The van der Waals surface area contributed by atoms with Gasteiger partial charge in [-0.2, -0.15) is 5.10 Å². The summed E-state index contributed by atoms with van der Waals surface area (Å²) in [6.07, 6.45) is 2.34. The van der Waals surface area contributed by atoms with E-state index < -0.39 is 9.84 Å². The number of carbonyl (C=O) groups excluding carboxylic acids is 1. The predicted molar refractivity (Wildman–Crippen MR) is 82.8 cm³/mol. The van der Waals surface area contributed by atoms with Gasteiger partial charge >= 0.3 is 0 Å². The quantitative estimate of drug-likeness (QED) is 0.918. The number of rotatable bonds is 3. The van der Waals surface area contributed by atoms with Gasteiger partial charge in [-0.25, -0.2) is 13.1 Å². The zero-order valence-corrected chi connectivity index (χ0v) is 13.0. The fraction of sp³-hybridized carbons (Fsp3) is 0.333. The minimum atomic E-state index is -2.99. The van der Waals surface area contributed by atoms with E-state index in [0.29, 0.717) is 12.0 Å². The number of carbonyl (C=O) groups is 1. The van der Waals surface area contributed by atoms with Crippen LogP contribution in [0.3, 0.4) is 0 Å². The van der Waals surface area contributed by atoms with Crippen LogP contribution in [0.15, 0.2) is 36.5 Å². The molecule has 0 aliphatic carbocycles. The van der Waals surface area contributed by atoms with Gasteiger partial charge in [-0.1, -0.05) is 0 Å². The Kier molecular flexibility index (Phi) is 3.74. The Labute approximate surface area is 129 Å². The van der Waals surface area contributed by atoms with Crippen LogP contribution in [0.25, 0.3) is 5.69 Å². The first-order valence-electron chi connectivity index (χ1n) is 7.07. The normalized spacial score (nSPS) is 20.0. The summed E-state index contributed by atoms with van der Waals surface area (Å²) < 4.78 is 24.5. The number of hydrogen-bond acceptors (Lipinski definition) is 4. The molecule has 1 fully saturated rings. The fourth-order valence-corrected chi connectivity index (χ4v) is 4.18. The van der Waals surface area contributed by atoms with Gasteiger partial charge < -0.3 is 5.32 Å². The number of amides is 1. The van der Waals surface area contributed by atoms with E-state index in [9.17, 15) is 13.2 Å². The van der Waals surface area contributed by atoms with E-state index in [-0.39, 0.29) is 23.5 Å². The monoisotopic (exact) mass is 319 g/mol. The van der Waals surface area contributed by atoms with Crippen LogP contribution in [0.5, 0.6) is 0 Å². The van der Waals surface area contributed by atoms with E-state index in [1.807, 2.05) is 31.3 Å². The van der Waals surface area contributed by atoms with Gasteiger partial charge in [-0.05, 0) is 43.7 Å². The second-order valence-electron chi connectivity index (χ2n) is 5.52. The summed E-state index contributed by atoms with van der Waals surface area (Å²) in [7, 11) is -2.99. The molecule has 1 atom stereocenters. The van der Waals surface area contributed by atoms with Crippen LogP contribution in [0.2, 0.25) is 0 Å². The molecule has 7 heteroatoms. The highest BCUT2D eigenvalue weighted by Gasteiger charge is 2.29. The summed E-state index contributed by atoms with van der Waals surface area (Å²) in [5.41, 5.74) is 2.30. The first kappa shape index (κ1) is 14.8. The molecule has 3 rings (SSSR count). The smallest absolute Gasteiger partial charge is 0.251 e. The van der Waals surface area contributed by atoms with Crippen molar-refractivity contribution in [1.29, 1.82) is 0 Å². The summed E-state index contributed by atoms with van der Waals surface area (Å²) in [5.74, 6) is -0.0656. The van der Waals surface area contributed by atoms with Crippen LogP contribution < -0.4 is 5.32 Å². The van der Waals surface area contributed by atoms with Crippen molar-refractivity contribution in [3.63, 3.8) is 0 Å². The lowest BCUT2D eigenvalue weighted by molar-refractivity contribution is 0.0941. The van der Waals surface area contributed by atoms with Crippen LogP contribution in [0.1, 0.15) is 22.5 Å². The van der Waals surface area contributed by atoms with Gasteiger partial charge in [0.25, 0.3) is 5.91 Å². The topological polar surface area (TPSA) is 81.1 Å². The Morgan fingerprint density at radius 1 is 1.27 bits per heavy atom. The van der Waals surface area contributed by atoms with E-state index in [2.05, 4.69) is 10.4 Å². The molecule has 0 saturated carbocycles. The Morgan fingerprint density at radius 3 is 2.55 bits per heavy atom. The van der Waals surface area contributed by atoms with Gasteiger partial charge in [-0.3, -0.25) is 4.79 Å². The van der Waals surface area contributed by atoms with Crippen LogP contribution in [0, 0.1) is 6.92 Å². The van der Waals surface area contributed by atoms with Gasteiger partial charge in [-0.15, -0.1) is 0 Å². The molecule has 1 aromatic heterocycles. The van der Waals surface area contributed by atoms with Crippen LogP contribution in [-0.2, 0) is 9.84 Å². The molecule has 0 spiro atoms. The summed E-state index contributed by atoms with van der Waals surface area (Å²) in [4.78, 5) is 12.1.